The number of anilines is 2. The second-order valence-corrected chi connectivity index (χ2v) is 8.22. The average molecular weight is 379 g/mol. The first-order valence-corrected chi connectivity index (χ1v) is 10.0. The van der Waals surface area contributed by atoms with Crippen molar-refractivity contribution in [1.29, 1.82) is 0 Å². The Kier molecular flexibility index (Phi) is 3.85. The Morgan fingerprint density at radius 2 is 1.56 bits per heavy atom. The van der Waals surface area contributed by atoms with E-state index in [0.717, 1.165) is 10.9 Å². The van der Waals surface area contributed by atoms with Crippen LogP contribution in [0.25, 0.3) is 28.0 Å². The molecule has 27 heavy (non-hydrogen) atoms. The first-order chi connectivity index (χ1) is 12.8. The molecule has 0 atom stereocenters. The number of hydrogen-bond acceptors (Lipinski definition) is 6. The standard InChI is InChI=1S/C19H17N5O2S/c1-27(25,26)14-8-6-13(7-9-14)16-19(23-18(21)17(20)22-16)24-11-10-12-4-2-3-5-15(12)24/h2-11H,1H3,(H2,20,22)(H2,21,23). The molecule has 2 aromatic heterocycles. The molecule has 0 aliphatic heterocycles. The van der Waals surface area contributed by atoms with Gasteiger partial charge in [-0.3, -0.25) is 4.57 Å². The molecule has 4 N–H and O–H groups in total. The lowest BCUT2D eigenvalue weighted by Gasteiger charge is -2.13. The van der Waals surface area contributed by atoms with Gasteiger partial charge in [-0.05, 0) is 29.7 Å². The second-order valence-electron chi connectivity index (χ2n) is 6.21. The highest BCUT2D eigenvalue weighted by Gasteiger charge is 2.16. The van der Waals surface area contributed by atoms with E-state index in [9.17, 15) is 8.42 Å². The number of rotatable bonds is 3. The van der Waals surface area contributed by atoms with E-state index in [1.54, 1.807) is 12.1 Å². The van der Waals surface area contributed by atoms with Gasteiger partial charge in [0.2, 0.25) is 0 Å². The molecule has 0 fully saturated rings. The van der Waals surface area contributed by atoms with Crippen LogP contribution in [-0.4, -0.2) is 29.2 Å². The summed E-state index contributed by atoms with van der Waals surface area (Å²) in [7, 11) is -3.28. The monoisotopic (exact) mass is 379 g/mol. The molecule has 136 valence electrons. The number of fused-ring (bicyclic) bond motifs is 1. The van der Waals surface area contributed by atoms with Crippen LogP contribution in [0.15, 0.2) is 65.7 Å². The van der Waals surface area contributed by atoms with Gasteiger partial charge in [0.25, 0.3) is 0 Å². The van der Waals surface area contributed by atoms with Crippen molar-refractivity contribution < 1.29 is 8.42 Å². The summed E-state index contributed by atoms with van der Waals surface area (Å²) in [4.78, 5) is 9.10. The normalized spacial score (nSPS) is 11.7. The number of aromatic nitrogens is 3. The summed E-state index contributed by atoms with van der Waals surface area (Å²) in [5.74, 6) is 0.784. The fourth-order valence-corrected chi connectivity index (χ4v) is 3.57. The lowest BCUT2D eigenvalue weighted by atomic mass is 10.1. The van der Waals surface area contributed by atoms with E-state index in [1.807, 2.05) is 41.1 Å². The lowest BCUT2D eigenvalue weighted by Crippen LogP contribution is -2.08. The highest BCUT2D eigenvalue weighted by atomic mass is 32.2. The van der Waals surface area contributed by atoms with Gasteiger partial charge >= 0.3 is 0 Å². The van der Waals surface area contributed by atoms with Gasteiger partial charge in [-0.25, -0.2) is 18.4 Å². The first kappa shape index (κ1) is 17.0. The Morgan fingerprint density at radius 3 is 2.26 bits per heavy atom. The minimum Gasteiger partial charge on any atom is -0.381 e. The quantitative estimate of drug-likeness (QED) is 0.565. The maximum atomic E-state index is 11.7. The van der Waals surface area contributed by atoms with E-state index in [2.05, 4.69) is 9.97 Å². The minimum absolute atomic E-state index is 0.123. The lowest BCUT2D eigenvalue weighted by molar-refractivity contribution is 0.602. The topological polar surface area (TPSA) is 117 Å². The summed E-state index contributed by atoms with van der Waals surface area (Å²) in [5, 5.41) is 1.05. The van der Waals surface area contributed by atoms with Crippen LogP contribution in [0.3, 0.4) is 0 Å². The first-order valence-electron chi connectivity index (χ1n) is 8.14. The van der Waals surface area contributed by atoms with Crippen LogP contribution in [0.1, 0.15) is 0 Å². The zero-order chi connectivity index (χ0) is 19.2. The number of benzene rings is 2. The minimum atomic E-state index is -3.28. The molecule has 0 aliphatic carbocycles. The SMILES string of the molecule is CS(=O)(=O)c1ccc(-c2nc(N)c(N)nc2-n2ccc3ccccc32)cc1. The van der Waals surface area contributed by atoms with Gasteiger partial charge in [-0.15, -0.1) is 0 Å². The van der Waals surface area contributed by atoms with Crippen molar-refractivity contribution in [3.05, 3.63) is 60.8 Å². The van der Waals surface area contributed by atoms with Crippen LogP contribution in [0.5, 0.6) is 0 Å². The summed E-state index contributed by atoms with van der Waals surface area (Å²) in [6.45, 7) is 0. The fourth-order valence-electron chi connectivity index (χ4n) is 2.94. The molecule has 0 aliphatic rings. The Bertz CT molecular complexity index is 1260. The number of sulfone groups is 1. The van der Waals surface area contributed by atoms with E-state index < -0.39 is 9.84 Å². The molecule has 4 rings (SSSR count). The molecule has 0 spiro atoms. The van der Waals surface area contributed by atoms with E-state index in [-0.39, 0.29) is 16.5 Å². The molecule has 0 saturated heterocycles. The number of para-hydroxylation sites is 1. The summed E-state index contributed by atoms with van der Waals surface area (Å²) >= 11 is 0. The summed E-state index contributed by atoms with van der Waals surface area (Å²) in [6, 6.07) is 16.3. The van der Waals surface area contributed by atoms with Gasteiger partial charge < -0.3 is 11.5 Å². The van der Waals surface area contributed by atoms with Gasteiger partial charge in [0, 0.05) is 18.0 Å². The number of nitrogens with two attached hydrogens (primary N) is 2. The molecule has 0 unspecified atom stereocenters. The summed E-state index contributed by atoms with van der Waals surface area (Å²) < 4.78 is 25.3. The van der Waals surface area contributed by atoms with Crippen LogP contribution in [0, 0.1) is 0 Å². The van der Waals surface area contributed by atoms with Crippen LogP contribution in [0.2, 0.25) is 0 Å². The van der Waals surface area contributed by atoms with Gasteiger partial charge in [0.1, 0.15) is 5.69 Å². The fraction of sp³-hybridized carbons (Fsp3) is 0.0526. The van der Waals surface area contributed by atoms with Crippen LogP contribution >= 0.6 is 0 Å². The van der Waals surface area contributed by atoms with E-state index >= 15 is 0 Å². The van der Waals surface area contributed by atoms with Crippen LogP contribution in [0.4, 0.5) is 11.6 Å². The van der Waals surface area contributed by atoms with Crippen molar-refractivity contribution in [3.8, 4) is 17.1 Å². The number of hydrogen-bond donors (Lipinski definition) is 2. The third-order valence-corrected chi connectivity index (χ3v) is 5.44. The maximum absolute atomic E-state index is 11.7. The second kappa shape index (κ2) is 6.10. The molecular formula is C19H17N5O2S. The molecule has 8 heteroatoms. The van der Waals surface area contributed by atoms with Crippen molar-refractivity contribution in [2.45, 2.75) is 4.90 Å². The summed E-state index contributed by atoms with van der Waals surface area (Å²) in [5.41, 5.74) is 14.0. The molecular weight excluding hydrogens is 362 g/mol. The Morgan fingerprint density at radius 1 is 0.889 bits per heavy atom. The predicted octanol–water partition coefficient (Wildman–Crippen LogP) is 2.66. The zero-order valence-electron chi connectivity index (χ0n) is 14.5. The van der Waals surface area contributed by atoms with Gasteiger partial charge in [0.15, 0.2) is 27.3 Å². The molecule has 2 heterocycles. The maximum Gasteiger partial charge on any atom is 0.175 e. The Labute approximate surface area is 156 Å². The highest BCUT2D eigenvalue weighted by molar-refractivity contribution is 7.90. The van der Waals surface area contributed by atoms with Crippen LogP contribution < -0.4 is 11.5 Å². The third-order valence-electron chi connectivity index (χ3n) is 4.32. The van der Waals surface area contributed by atoms with Crippen molar-refractivity contribution in [2.75, 3.05) is 17.7 Å². The van der Waals surface area contributed by atoms with Crippen molar-refractivity contribution in [3.63, 3.8) is 0 Å². The Hall–Kier alpha value is -3.39. The molecule has 2 aromatic carbocycles. The highest BCUT2D eigenvalue weighted by Crippen LogP contribution is 2.30. The van der Waals surface area contributed by atoms with Crippen molar-refractivity contribution >= 4 is 32.4 Å². The van der Waals surface area contributed by atoms with Gasteiger partial charge in [-0.1, -0.05) is 30.3 Å². The number of nitrogen functional groups attached to an aromatic ring is 2. The molecule has 0 amide bonds. The largest absolute Gasteiger partial charge is 0.381 e. The van der Waals surface area contributed by atoms with Crippen molar-refractivity contribution in [2.24, 2.45) is 0 Å². The average Bonchev–Trinajstić information content (AvgIpc) is 3.07. The van der Waals surface area contributed by atoms with E-state index in [0.29, 0.717) is 17.1 Å². The molecule has 0 bridgehead atoms. The Balaban J connectivity index is 1.95. The van der Waals surface area contributed by atoms with Crippen LogP contribution in [-0.2, 0) is 9.84 Å². The molecule has 0 saturated carbocycles. The summed E-state index contributed by atoms with van der Waals surface area (Å²) in [6.07, 6.45) is 3.05. The van der Waals surface area contributed by atoms with E-state index in [1.165, 1.54) is 18.4 Å². The third kappa shape index (κ3) is 3.00. The molecule has 0 radical (unpaired) electrons. The predicted molar refractivity (Wildman–Crippen MR) is 106 cm³/mol. The number of nitrogens with zero attached hydrogens (tertiary/aromatic N) is 3. The van der Waals surface area contributed by atoms with Gasteiger partial charge in [0.05, 0.1) is 10.4 Å². The smallest absolute Gasteiger partial charge is 0.175 e. The molecule has 4 aromatic rings. The van der Waals surface area contributed by atoms with Gasteiger partial charge in [-0.2, -0.15) is 0 Å². The molecule has 7 nitrogen and oxygen atoms in total. The van der Waals surface area contributed by atoms with Crippen molar-refractivity contribution in [1.82, 2.24) is 14.5 Å². The zero-order valence-corrected chi connectivity index (χ0v) is 15.3. The van der Waals surface area contributed by atoms with E-state index in [4.69, 9.17) is 11.5 Å².